The molecule has 0 radical (unpaired) electrons. The van der Waals surface area contributed by atoms with Gasteiger partial charge >= 0.3 is 0 Å². The summed E-state index contributed by atoms with van der Waals surface area (Å²) >= 11 is 0. The van der Waals surface area contributed by atoms with Crippen LogP contribution in [0.1, 0.15) is 71.5 Å². The van der Waals surface area contributed by atoms with Gasteiger partial charge in [0.05, 0.1) is 34.5 Å². The molecule has 0 spiro atoms. The Morgan fingerprint density at radius 3 is 2.75 bits per heavy atom. The number of hydrogen-bond donors (Lipinski definition) is 1. The lowest BCUT2D eigenvalue weighted by Crippen LogP contribution is -2.48. The number of piperidine rings is 1. The second-order valence-corrected chi connectivity index (χ2v) is 10.8. The maximum Gasteiger partial charge on any atom is 0.263 e. The molecule has 4 heterocycles. The Kier molecular flexibility index (Phi) is 6.36. The van der Waals surface area contributed by atoms with Crippen LogP contribution in [-0.4, -0.2) is 63.7 Å². The number of aromatic nitrogens is 2. The zero-order chi connectivity index (χ0) is 25.6. The average Bonchev–Trinajstić information content (AvgIpc) is 3.31. The van der Waals surface area contributed by atoms with Crippen molar-refractivity contribution in [3.63, 3.8) is 0 Å². The number of anilines is 1. The third kappa shape index (κ3) is 4.40. The maximum atomic E-state index is 13.6. The van der Waals surface area contributed by atoms with Gasteiger partial charge in [0.1, 0.15) is 0 Å². The van der Waals surface area contributed by atoms with Crippen LogP contribution in [0.25, 0.3) is 0 Å². The number of ether oxygens (including phenoxy) is 1. The quantitative estimate of drug-likeness (QED) is 0.644. The first-order chi connectivity index (χ1) is 17.2. The van der Waals surface area contributed by atoms with Gasteiger partial charge in [-0.3, -0.25) is 24.0 Å². The minimum Gasteiger partial charge on any atom is -0.375 e. The van der Waals surface area contributed by atoms with Gasteiger partial charge < -0.3 is 15.0 Å². The smallest absolute Gasteiger partial charge is 0.263 e. The summed E-state index contributed by atoms with van der Waals surface area (Å²) < 4.78 is 7.61. The fourth-order valence-electron chi connectivity index (χ4n) is 5.76. The highest BCUT2D eigenvalue weighted by atomic mass is 16.5. The summed E-state index contributed by atoms with van der Waals surface area (Å²) in [5.74, 6) is -0.639. The van der Waals surface area contributed by atoms with E-state index in [1.54, 1.807) is 16.9 Å². The molecule has 0 aliphatic carbocycles. The molecular weight excluding hydrogens is 458 g/mol. The molecule has 36 heavy (non-hydrogen) atoms. The number of rotatable bonds is 5. The lowest BCUT2D eigenvalue weighted by atomic mass is 9.93. The second kappa shape index (κ2) is 9.35. The minimum atomic E-state index is -0.372. The van der Waals surface area contributed by atoms with Crippen molar-refractivity contribution in [3.8, 4) is 0 Å². The predicted molar refractivity (Wildman–Crippen MR) is 135 cm³/mol. The van der Waals surface area contributed by atoms with Crippen molar-refractivity contribution in [1.29, 1.82) is 0 Å². The van der Waals surface area contributed by atoms with Gasteiger partial charge in [0, 0.05) is 50.6 Å². The van der Waals surface area contributed by atoms with Crippen LogP contribution in [0, 0.1) is 12.8 Å². The molecule has 3 aliphatic rings. The Bertz CT molecular complexity index is 1200. The zero-order valence-corrected chi connectivity index (χ0v) is 21.5. The molecule has 2 saturated heterocycles. The molecule has 2 atom stereocenters. The van der Waals surface area contributed by atoms with E-state index in [4.69, 9.17) is 4.74 Å². The van der Waals surface area contributed by atoms with Crippen LogP contribution < -0.4 is 10.2 Å². The van der Waals surface area contributed by atoms with Crippen LogP contribution in [0.15, 0.2) is 24.4 Å². The first kappa shape index (κ1) is 24.5. The molecule has 0 saturated carbocycles. The number of carbonyl (C=O) groups is 3. The molecule has 3 amide bonds. The van der Waals surface area contributed by atoms with Crippen molar-refractivity contribution in [2.24, 2.45) is 13.0 Å². The van der Waals surface area contributed by atoms with E-state index in [0.29, 0.717) is 43.7 Å². The van der Waals surface area contributed by atoms with Crippen molar-refractivity contribution >= 4 is 23.4 Å². The lowest BCUT2D eigenvalue weighted by Gasteiger charge is -2.39. The number of carbonyl (C=O) groups excluding carboxylic acids is 3. The molecule has 1 N–H and O–H groups in total. The zero-order valence-electron chi connectivity index (χ0n) is 21.5. The number of benzene rings is 1. The Labute approximate surface area is 211 Å². The van der Waals surface area contributed by atoms with Crippen molar-refractivity contribution in [2.75, 3.05) is 24.6 Å². The molecule has 2 fully saturated rings. The Balaban J connectivity index is 1.32. The molecule has 2 aromatic rings. The summed E-state index contributed by atoms with van der Waals surface area (Å²) in [6.45, 7) is 8.21. The van der Waals surface area contributed by atoms with E-state index in [1.165, 1.54) is 4.90 Å². The van der Waals surface area contributed by atoms with Crippen LogP contribution in [0.5, 0.6) is 0 Å². The number of fused-ring (bicyclic) bond motifs is 1. The number of nitrogens with one attached hydrogen (secondary N) is 1. The minimum absolute atomic E-state index is 0.00370. The fourth-order valence-corrected chi connectivity index (χ4v) is 5.76. The van der Waals surface area contributed by atoms with Gasteiger partial charge in [-0.2, -0.15) is 5.10 Å². The summed E-state index contributed by atoms with van der Waals surface area (Å²) in [5.41, 5.74) is 3.34. The normalized spacial score (nSPS) is 23.7. The largest absolute Gasteiger partial charge is 0.375 e. The van der Waals surface area contributed by atoms with Crippen LogP contribution in [0.4, 0.5) is 5.69 Å². The Morgan fingerprint density at radius 1 is 1.22 bits per heavy atom. The molecule has 9 heteroatoms. The predicted octanol–water partition coefficient (Wildman–Crippen LogP) is 2.81. The molecule has 3 aliphatic heterocycles. The van der Waals surface area contributed by atoms with Gasteiger partial charge in [0.15, 0.2) is 0 Å². The van der Waals surface area contributed by atoms with Gasteiger partial charge in [-0.15, -0.1) is 0 Å². The van der Waals surface area contributed by atoms with Crippen LogP contribution in [0.2, 0.25) is 0 Å². The molecule has 5 rings (SSSR count). The van der Waals surface area contributed by atoms with Crippen LogP contribution in [0.3, 0.4) is 0 Å². The molecule has 1 aromatic heterocycles. The highest BCUT2D eigenvalue weighted by Gasteiger charge is 2.45. The second-order valence-electron chi connectivity index (χ2n) is 10.8. The van der Waals surface area contributed by atoms with E-state index in [-0.39, 0.29) is 35.3 Å². The van der Waals surface area contributed by atoms with Gasteiger partial charge in [-0.1, -0.05) is 6.07 Å². The number of aryl methyl sites for hydroxylation is 1. The van der Waals surface area contributed by atoms with E-state index in [0.717, 1.165) is 36.3 Å². The van der Waals surface area contributed by atoms with Crippen molar-refractivity contribution in [2.45, 2.75) is 64.6 Å². The van der Waals surface area contributed by atoms with Crippen molar-refractivity contribution in [1.82, 2.24) is 20.0 Å². The summed E-state index contributed by atoms with van der Waals surface area (Å²) in [7, 11) is 1.88. The summed E-state index contributed by atoms with van der Waals surface area (Å²) in [5, 5.41) is 7.30. The molecular formula is C27H35N5O4. The van der Waals surface area contributed by atoms with E-state index in [9.17, 15) is 14.4 Å². The number of amides is 3. The molecule has 0 bridgehead atoms. The summed E-state index contributed by atoms with van der Waals surface area (Å²) in [4.78, 5) is 43.6. The average molecular weight is 494 g/mol. The monoisotopic (exact) mass is 493 g/mol. The van der Waals surface area contributed by atoms with Crippen LogP contribution in [-0.2, 0) is 23.1 Å². The number of hydrogen-bond acceptors (Lipinski definition) is 6. The lowest BCUT2D eigenvalue weighted by molar-refractivity contribution is -0.125. The fraction of sp³-hybridized carbons (Fsp3) is 0.556. The van der Waals surface area contributed by atoms with E-state index in [2.05, 4.69) is 15.3 Å². The van der Waals surface area contributed by atoms with E-state index < -0.39 is 0 Å². The third-order valence-corrected chi connectivity index (χ3v) is 7.88. The Morgan fingerprint density at radius 2 is 2.03 bits per heavy atom. The topological polar surface area (TPSA) is 96.8 Å². The van der Waals surface area contributed by atoms with Crippen molar-refractivity contribution < 1.29 is 19.1 Å². The van der Waals surface area contributed by atoms with E-state index >= 15 is 0 Å². The summed E-state index contributed by atoms with van der Waals surface area (Å²) in [6, 6.07) is 5.31. The van der Waals surface area contributed by atoms with E-state index in [1.807, 2.05) is 40.0 Å². The van der Waals surface area contributed by atoms with Crippen molar-refractivity contribution in [3.05, 3.63) is 46.8 Å². The third-order valence-electron chi connectivity index (χ3n) is 7.88. The molecule has 1 aromatic carbocycles. The number of imide groups is 1. The van der Waals surface area contributed by atoms with Gasteiger partial charge in [-0.05, 0) is 58.6 Å². The first-order valence-electron chi connectivity index (χ1n) is 12.8. The molecule has 9 nitrogen and oxygen atoms in total. The summed E-state index contributed by atoms with van der Waals surface area (Å²) in [6.07, 6.45) is 4.68. The molecule has 0 unspecified atom stereocenters. The standard InChI is InChI=1S/C27H35N5O4/c1-17-19(15-29-30(17)4)14-28-24(33)18-7-6-11-31(16-18)22-9-5-8-21-23(22)26(35)32(25(21)34)20-10-12-36-27(2,3)13-20/h5,8-9,15,18,20H,6-7,10-14,16H2,1-4H3,(H,28,33)/t18-,20+/m0/s1. The maximum absolute atomic E-state index is 13.6. The Hall–Kier alpha value is -3.20. The SMILES string of the molecule is Cc1c(CNC(=O)[C@H]2CCCN(c3cccc4c3C(=O)N([C@@H]3CCOC(C)(C)C3)C4=O)C2)cnn1C. The van der Waals surface area contributed by atoms with Gasteiger partial charge in [-0.25, -0.2) is 0 Å². The highest BCUT2D eigenvalue weighted by Crippen LogP contribution is 2.38. The number of nitrogens with zero attached hydrogens (tertiary/aromatic N) is 4. The highest BCUT2D eigenvalue weighted by molar-refractivity contribution is 6.24. The molecule has 192 valence electrons. The van der Waals surface area contributed by atoms with Gasteiger partial charge in [0.25, 0.3) is 11.8 Å². The van der Waals surface area contributed by atoms with Gasteiger partial charge in [0.2, 0.25) is 5.91 Å². The van der Waals surface area contributed by atoms with Crippen LogP contribution >= 0.6 is 0 Å². The first-order valence-corrected chi connectivity index (χ1v) is 12.8.